The van der Waals surface area contributed by atoms with E-state index in [4.69, 9.17) is 27.4 Å². The molecule has 14 heterocycles. The predicted octanol–water partition coefficient (Wildman–Crippen LogP) is 42.0. The summed E-state index contributed by atoms with van der Waals surface area (Å²) in [5.74, 6) is 0. The van der Waals surface area contributed by atoms with Crippen molar-refractivity contribution in [3.63, 3.8) is 0 Å². The minimum Gasteiger partial charge on any atom is -0.399 e. The lowest BCUT2D eigenvalue weighted by Crippen LogP contribution is -2.41. The van der Waals surface area contributed by atoms with Crippen molar-refractivity contribution in [1.82, 2.24) is 8.75 Å². The number of thiophene rings is 11. The number of rotatable bonds is 39. The molecule has 0 unspecified atom stereocenters. The number of hydrogen-bond acceptors (Lipinski definition) is 18. The number of nitrogens with zero attached hydrogens (tertiary/aromatic N) is 2. The highest BCUT2D eigenvalue weighted by Gasteiger charge is 2.53. The van der Waals surface area contributed by atoms with Crippen LogP contribution >= 0.6 is 168 Å². The van der Waals surface area contributed by atoms with E-state index in [2.05, 4.69) is 323 Å². The lowest BCUT2D eigenvalue weighted by atomic mass is 9.77. The Labute approximate surface area is 907 Å². The van der Waals surface area contributed by atoms with Gasteiger partial charge in [-0.3, -0.25) is 0 Å². The molecule has 0 atom stereocenters. The monoisotopic (exact) mass is 2230 g/mol. The van der Waals surface area contributed by atoms with Crippen molar-refractivity contribution >= 4 is 265 Å². The Kier molecular flexibility index (Phi) is 34.0. The van der Waals surface area contributed by atoms with Gasteiger partial charge in [0.2, 0.25) is 0 Å². The molecule has 142 heavy (non-hydrogen) atoms. The zero-order chi connectivity index (χ0) is 98.6. The number of hydrogen-bond donors (Lipinski definition) is 0. The van der Waals surface area contributed by atoms with Crippen molar-refractivity contribution in [1.29, 1.82) is 0 Å². The molecule has 0 spiro atoms. The van der Waals surface area contributed by atoms with Crippen LogP contribution in [0.1, 0.15) is 270 Å². The quantitative estimate of drug-likeness (QED) is 0.0283. The van der Waals surface area contributed by atoms with Gasteiger partial charge >= 0.3 is 14.2 Å². The van der Waals surface area contributed by atoms with E-state index in [0.717, 1.165) is 50.2 Å². The first-order valence-corrected chi connectivity index (χ1v) is 63.1. The van der Waals surface area contributed by atoms with Gasteiger partial charge in [0.1, 0.15) is 11.0 Å². The summed E-state index contributed by atoms with van der Waals surface area (Å²) < 4.78 is 45.6. The molecule has 21 rings (SSSR count). The average Bonchev–Trinajstić information content (AvgIpc) is 1.59. The van der Waals surface area contributed by atoms with Crippen LogP contribution in [0.15, 0.2) is 203 Å². The molecule has 12 aromatic heterocycles. The predicted molar refractivity (Wildman–Crippen MR) is 646 cm³/mol. The fraction of sp³-hybridized carbons (Fsp3) is 0.383. The van der Waals surface area contributed by atoms with Crippen LogP contribution in [0.25, 0.3) is 161 Å². The van der Waals surface area contributed by atoms with E-state index in [-0.39, 0.29) is 36.6 Å². The summed E-state index contributed by atoms with van der Waals surface area (Å²) in [4.78, 5) is 22.3. The van der Waals surface area contributed by atoms with Gasteiger partial charge in [0.05, 0.1) is 34.1 Å². The minimum absolute atomic E-state index is 0.354. The van der Waals surface area contributed by atoms with E-state index in [1.165, 1.54) is 350 Å². The summed E-state index contributed by atoms with van der Waals surface area (Å²) in [6, 6.07) is 74.1. The molecule has 0 radical (unpaired) electrons. The van der Waals surface area contributed by atoms with Crippen LogP contribution in [0.2, 0.25) is 0 Å². The zero-order valence-corrected chi connectivity index (χ0v) is 97.6. The first-order chi connectivity index (χ1) is 68.8. The van der Waals surface area contributed by atoms with Crippen LogP contribution in [-0.2, 0) is 44.3 Å². The molecule has 6 nitrogen and oxygen atoms in total. The zero-order valence-electron chi connectivity index (χ0n) is 84.6. The van der Waals surface area contributed by atoms with Crippen molar-refractivity contribution in [2.45, 2.75) is 299 Å². The number of benzene rings is 7. The molecule has 19 aromatic rings. The number of unbranched alkanes of at least 4 members (excludes halogenated alkanes) is 20. The fourth-order valence-corrected chi connectivity index (χ4v) is 33.7. The van der Waals surface area contributed by atoms with Crippen molar-refractivity contribution in [2.75, 3.05) is 0 Å². The van der Waals surface area contributed by atoms with Crippen molar-refractivity contribution in [2.24, 2.45) is 0 Å². The fourth-order valence-electron chi connectivity index (χ4n) is 19.7. The highest BCUT2D eigenvalue weighted by atomic mass is 79.9. The van der Waals surface area contributed by atoms with E-state index < -0.39 is 0 Å². The van der Waals surface area contributed by atoms with Gasteiger partial charge in [-0.2, -0.15) is 8.75 Å². The number of halogens is 2. The second-order valence-electron chi connectivity index (χ2n) is 40.9. The molecular formula is C120H130B2Br2N2O4S12. The first kappa shape index (κ1) is 104. The molecule has 22 heteroatoms. The minimum atomic E-state index is -0.365. The van der Waals surface area contributed by atoms with Crippen molar-refractivity contribution in [3.05, 3.63) is 236 Å². The van der Waals surface area contributed by atoms with Crippen LogP contribution in [0.4, 0.5) is 0 Å². The standard InChI is InChI=1S/C84H94N2S10.C24H30B2O4S.C12H6Br2S/c1-7-11-15-19-23-27-31-58-50-56(6)87-81(58)72-45-41-68(89-72)69-43-47-74(91-69)83-60(33-29-25-21-17-13-9-3)53-77(94-83)62-37-38-63(80-79(62)85-96-86-80)78-54-61(34-30-26-22-18-14-10-4)84(95-78)75-48-44-71(92-75)70-42-46-73(90-70)82-59(32-28-24-20-16-12-8-2)52-76(93-82)57-36-40-67-65(51-57)64-49-55(5)35-39-66(64)88-67;1-21(2)22(3,4)28-25(27-21)15-9-11-19-17(13-15)18-14-16(10-12-20(18)31-19)26-29-23(5,6)24(7,8)30-26;13-7-1-3-11-9(5-7)10-6-8(14)2-4-12(10)15-11/h35-54H,7-34H2,1-6H3;9-14H,1-8H3;1-6H. The maximum atomic E-state index is 6.28. The second kappa shape index (κ2) is 46.3. The van der Waals surface area contributed by atoms with Crippen molar-refractivity contribution in [3.8, 4) is 89.8 Å². The molecule has 0 amide bonds. The summed E-state index contributed by atoms with van der Waals surface area (Å²) in [5.41, 5.74) is 13.9. The SMILES string of the molecule is Brc1ccc2sc3ccc(Br)cc3c2c1.CC1(C)OB(c2ccc3sc4ccc(B5OC(C)(C)C(C)(C)O5)cc4c3c2)OC1(C)C.CCCCCCCCc1cc(C)sc1-c1ccc(-c2ccc(-c3sc(-c4ccc(-c5cc(CCCCCCCC)c(-c6ccc(-c7ccc(-c8sc(-c9ccc%10sc%11ccc(C)cc%11c%10c9)cc8CCCCCCCC)s7)s6)s5)c5nsnc45)cc3CCCCCCCC)s2)s1. The Balaban J connectivity index is 0.000000224. The normalized spacial score (nSPS) is 14.5. The summed E-state index contributed by atoms with van der Waals surface area (Å²) in [6.07, 6.45) is 35.9. The van der Waals surface area contributed by atoms with Crippen LogP contribution in [0, 0.1) is 13.8 Å². The maximum Gasteiger partial charge on any atom is 0.494 e. The van der Waals surface area contributed by atoms with Crippen LogP contribution in [0.3, 0.4) is 0 Å². The molecule has 0 saturated carbocycles. The van der Waals surface area contributed by atoms with Gasteiger partial charge in [0.15, 0.2) is 0 Å². The van der Waals surface area contributed by atoms with Gasteiger partial charge in [-0.05, 0) is 316 Å². The molecule has 7 aromatic carbocycles. The van der Waals surface area contributed by atoms with E-state index in [1.54, 1.807) is 16.9 Å². The number of fused-ring (bicyclic) bond motifs is 10. The van der Waals surface area contributed by atoms with E-state index >= 15 is 0 Å². The molecule has 0 N–H and O–H groups in total. The smallest absolute Gasteiger partial charge is 0.399 e. The van der Waals surface area contributed by atoms with Crippen LogP contribution in [-0.4, -0.2) is 45.4 Å². The summed E-state index contributed by atoms with van der Waals surface area (Å²) in [5, 5.41) is 7.84. The largest absolute Gasteiger partial charge is 0.494 e. The number of aryl methyl sites for hydroxylation is 6. The highest BCUT2D eigenvalue weighted by Crippen LogP contribution is 2.54. The van der Waals surface area contributed by atoms with Crippen LogP contribution < -0.4 is 10.9 Å². The Bertz CT molecular complexity index is 7410. The summed E-state index contributed by atoms with van der Waals surface area (Å²) in [6.45, 7) is 30.4. The molecule has 2 aliphatic rings. The van der Waals surface area contributed by atoms with Gasteiger partial charge in [-0.1, -0.05) is 242 Å². The lowest BCUT2D eigenvalue weighted by Gasteiger charge is -2.32. The third kappa shape index (κ3) is 23.4. The average molecular weight is 2230 g/mol. The van der Waals surface area contributed by atoms with Gasteiger partial charge in [0.25, 0.3) is 0 Å². The Morgan fingerprint density at radius 1 is 0.261 bits per heavy atom. The second-order valence-corrected chi connectivity index (χ2v) is 55.3. The molecule has 2 aliphatic heterocycles. The van der Waals surface area contributed by atoms with E-state index in [1.807, 2.05) is 113 Å². The van der Waals surface area contributed by atoms with Crippen molar-refractivity contribution < 1.29 is 18.6 Å². The summed E-state index contributed by atoms with van der Waals surface area (Å²) in [7, 11) is -0.730. The third-order valence-electron chi connectivity index (χ3n) is 29.2. The first-order valence-electron chi connectivity index (χ1n) is 51.8. The number of aromatic nitrogens is 2. The molecule has 2 fully saturated rings. The maximum absolute atomic E-state index is 6.28. The van der Waals surface area contributed by atoms with Gasteiger partial charge in [-0.25, -0.2) is 0 Å². The Morgan fingerprint density at radius 3 is 0.937 bits per heavy atom. The Morgan fingerprint density at radius 2 is 0.556 bits per heavy atom. The molecule has 0 bridgehead atoms. The topological polar surface area (TPSA) is 62.7 Å². The highest BCUT2D eigenvalue weighted by molar-refractivity contribution is 9.10. The molecule has 736 valence electrons. The lowest BCUT2D eigenvalue weighted by molar-refractivity contribution is 0.00578. The molecule has 0 aliphatic carbocycles. The van der Waals surface area contributed by atoms with E-state index in [9.17, 15) is 0 Å². The summed E-state index contributed by atoms with van der Waals surface area (Å²) >= 11 is 29.8. The van der Waals surface area contributed by atoms with Crippen LogP contribution in [0.5, 0.6) is 0 Å². The molecular weight excluding hydrogens is 2100 g/mol. The third-order valence-corrected chi connectivity index (χ3v) is 44.3. The van der Waals surface area contributed by atoms with E-state index in [0.29, 0.717) is 0 Å². The van der Waals surface area contributed by atoms with Gasteiger partial charge in [0, 0.05) is 148 Å². The Hall–Kier alpha value is -6.45. The van der Waals surface area contributed by atoms with Gasteiger partial charge < -0.3 is 18.6 Å². The van der Waals surface area contributed by atoms with Gasteiger partial charge in [-0.15, -0.1) is 125 Å². The molecule has 2 saturated heterocycles.